The molecule has 0 aliphatic carbocycles. The molecule has 1 aromatic carbocycles. The molecule has 2 rings (SSSR count). The van der Waals surface area contributed by atoms with E-state index in [0.717, 1.165) is 23.4 Å². The van der Waals surface area contributed by atoms with E-state index in [2.05, 4.69) is 23.2 Å². The summed E-state index contributed by atoms with van der Waals surface area (Å²) in [4.78, 5) is 2.51. The van der Waals surface area contributed by atoms with Crippen LogP contribution in [0.5, 0.6) is 0 Å². The van der Waals surface area contributed by atoms with Gasteiger partial charge in [0, 0.05) is 18.3 Å². The summed E-state index contributed by atoms with van der Waals surface area (Å²) in [6.45, 7) is 7.83. The van der Waals surface area contributed by atoms with Gasteiger partial charge < -0.3 is 10.2 Å². The predicted molar refractivity (Wildman–Crippen MR) is 74.7 cm³/mol. The van der Waals surface area contributed by atoms with Crippen molar-refractivity contribution < 1.29 is 0 Å². The normalized spacial score (nSPS) is 17.4. The molecule has 3 heteroatoms. The molecule has 18 heavy (non-hydrogen) atoms. The van der Waals surface area contributed by atoms with Crippen LogP contribution in [0.3, 0.4) is 0 Å². The molecule has 1 aromatic rings. The topological polar surface area (TPSA) is 39.1 Å². The van der Waals surface area contributed by atoms with Gasteiger partial charge in [-0.3, -0.25) is 0 Å². The highest BCUT2D eigenvalue weighted by atomic mass is 15.2. The van der Waals surface area contributed by atoms with Crippen molar-refractivity contribution in [3.05, 3.63) is 29.3 Å². The van der Waals surface area contributed by atoms with Crippen LogP contribution in [-0.2, 0) is 0 Å². The molecule has 0 aromatic heterocycles. The third-order valence-corrected chi connectivity index (χ3v) is 3.49. The Kier molecular flexibility index (Phi) is 4.22. The zero-order chi connectivity index (χ0) is 13.0. The minimum Gasteiger partial charge on any atom is -0.381 e. The molecule has 1 aliphatic rings. The maximum atomic E-state index is 8.85. The van der Waals surface area contributed by atoms with E-state index in [1.165, 1.54) is 25.9 Å². The van der Waals surface area contributed by atoms with Gasteiger partial charge >= 0.3 is 0 Å². The fraction of sp³-hybridized carbons (Fsp3) is 0.533. The van der Waals surface area contributed by atoms with Crippen LogP contribution in [0, 0.1) is 18.3 Å². The van der Waals surface area contributed by atoms with E-state index in [4.69, 9.17) is 5.26 Å². The molecule has 0 saturated carbocycles. The highest BCUT2D eigenvalue weighted by Gasteiger charge is 2.14. The quantitative estimate of drug-likeness (QED) is 0.883. The van der Waals surface area contributed by atoms with Gasteiger partial charge in [-0.15, -0.1) is 0 Å². The standard InChI is InChI=1S/C15H21N3/c1-12-9-14(10-16)5-6-15(12)17-13(2)11-18-7-3-4-8-18/h5-6,9,13,17H,3-4,7-8,11H2,1-2H3. The van der Waals surface area contributed by atoms with Gasteiger partial charge in [0.25, 0.3) is 0 Å². The van der Waals surface area contributed by atoms with Crippen LogP contribution >= 0.6 is 0 Å². The van der Waals surface area contributed by atoms with Crippen LogP contribution in [0.4, 0.5) is 5.69 Å². The van der Waals surface area contributed by atoms with Crippen LogP contribution in [0.2, 0.25) is 0 Å². The molecule has 0 spiro atoms. The van der Waals surface area contributed by atoms with Crippen molar-refractivity contribution in [2.24, 2.45) is 0 Å². The maximum absolute atomic E-state index is 8.85. The zero-order valence-corrected chi connectivity index (χ0v) is 11.2. The van der Waals surface area contributed by atoms with Crippen LogP contribution in [0.15, 0.2) is 18.2 Å². The summed E-state index contributed by atoms with van der Waals surface area (Å²) in [5.41, 5.74) is 3.01. The molecule has 1 N–H and O–H groups in total. The largest absolute Gasteiger partial charge is 0.381 e. The van der Waals surface area contributed by atoms with E-state index in [-0.39, 0.29) is 0 Å². The number of aryl methyl sites for hydroxylation is 1. The predicted octanol–water partition coefficient (Wildman–Crippen LogP) is 2.76. The zero-order valence-electron chi connectivity index (χ0n) is 11.2. The molecule has 1 fully saturated rings. The van der Waals surface area contributed by atoms with Crippen molar-refractivity contribution >= 4 is 5.69 Å². The van der Waals surface area contributed by atoms with Gasteiger partial charge in [-0.05, 0) is 63.5 Å². The Bertz CT molecular complexity index is 442. The molecular weight excluding hydrogens is 222 g/mol. The van der Waals surface area contributed by atoms with Crippen molar-refractivity contribution in [3.63, 3.8) is 0 Å². The van der Waals surface area contributed by atoms with Gasteiger partial charge in [-0.25, -0.2) is 0 Å². The smallest absolute Gasteiger partial charge is 0.0991 e. The van der Waals surface area contributed by atoms with E-state index < -0.39 is 0 Å². The minimum atomic E-state index is 0.440. The number of hydrogen-bond acceptors (Lipinski definition) is 3. The average molecular weight is 243 g/mol. The summed E-state index contributed by atoms with van der Waals surface area (Å²) in [6, 6.07) is 8.43. The molecule has 1 unspecified atom stereocenters. The summed E-state index contributed by atoms with van der Waals surface area (Å²) in [6.07, 6.45) is 2.67. The Morgan fingerprint density at radius 1 is 1.39 bits per heavy atom. The molecule has 0 radical (unpaired) electrons. The Balaban J connectivity index is 1.94. The molecule has 1 saturated heterocycles. The molecule has 1 aliphatic heterocycles. The van der Waals surface area contributed by atoms with Crippen LogP contribution < -0.4 is 5.32 Å². The molecule has 3 nitrogen and oxygen atoms in total. The number of anilines is 1. The SMILES string of the molecule is Cc1cc(C#N)ccc1NC(C)CN1CCCC1. The van der Waals surface area contributed by atoms with E-state index in [1.807, 2.05) is 25.1 Å². The summed E-state index contributed by atoms with van der Waals surface area (Å²) in [5.74, 6) is 0. The Hall–Kier alpha value is -1.53. The van der Waals surface area contributed by atoms with Gasteiger partial charge in [0.15, 0.2) is 0 Å². The van der Waals surface area contributed by atoms with Gasteiger partial charge in [0.1, 0.15) is 0 Å². The Morgan fingerprint density at radius 3 is 2.72 bits per heavy atom. The number of likely N-dealkylation sites (tertiary alicyclic amines) is 1. The van der Waals surface area contributed by atoms with Crippen LogP contribution in [0.1, 0.15) is 30.9 Å². The van der Waals surface area contributed by atoms with Crippen molar-refractivity contribution in [2.45, 2.75) is 32.7 Å². The molecule has 1 atom stereocenters. The lowest BCUT2D eigenvalue weighted by Crippen LogP contribution is -2.33. The van der Waals surface area contributed by atoms with Crippen molar-refractivity contribution in [1.29, 1.82) is 5.26 Å². The van der Waals surface area contributed by atoms with Crippen LogP contribution in [-0.4, -0.2) is 30.6 Å². The monoisotopic (exact) mass is 243 g/mol. The van der Waals surface area contributed by atoms with E-state index in [0.29, 0.717) is 6.04 Å². The average Bonchev–Trinajstić information content (AvgIpc) is 2.84. The summed E-state index contributed by atoms with van der Waals surface area (Å²) in [5, 5.41) is 12.4. The fourth-order valence-corrected chi connectivity index (χ4v) is 2.56. The second-order valence-electron chi connectivity index (χ2n) is 5.19. The van der Waals surface area contributed by atoms with Crippen LogP contribution in [0.25, 0.3) is 0 Å². The van der Waals surface area contributed by atoms with Crippen molar-refractivity contribution in [1.82, 2.24) is 4.90 Å². The molecule has 1 heterocycles. The van der Waals surface area contributed by atoms with Crippen molar-refractivity contribution in [3.8, 4) is 6.07 Å². The highest BCUT2D eigenvalue weighted by Crippen LogP contribution is 2.18. The van der Waals surface area contributed by atoms with Gasteiger partial charge in [0.05, 0.1) is 11.6 Å². The third kappa shape index (κ3) is 3.24. The first-order valence-corrected chi connectivity index (χ1v) is 6.68. The maximum Gasteiger partial charge on any atom is 0.0991 e. The second-order valence-corrected chi connectivity index (χ2v) is 5.19. The molecule has 0 amide bonds. The van der Waals surface area contributed by atoms with E-state index >= 15 is 0 Å². The van der Waals surface area contributed by atoms with E-state index in [9.17, 15) is 0 Å². The van der Waals surface area contributed by atoms with Gasteiger partial charge in [0.2, 0.25) is 0 Å². The highest BCUT2D eigenvalue weighted by molar-refractivity contribution is 5.54. The first-order valence-electron chi connectivity index (χ1n) is 6.68. The second kappa shape index (κ2) is 5.88. The lowest BCUT2D eigenvalue weighted by Gasteiger charge is -2.23. The summed E-state index contributed by atoms with van der Waals surface area (Å²) < 4.78 is 0. The number of benzene rings is 1. The van der Waals surface area contributed by atoms with E-state index in [1.54, 1.807) is 0 Å². The number of rotatable bonds is 4. The molecule has 96 valence electrons. The van der Waals surface area contributed by atoms with Gasteiger partial charge in [-0.2, -0.15) is 5.26 Å². The summed E-state index contributed by atoms with van der Waals surface area (Å²) in [7, 11) is 0. The number of nitrogens with one attached hydrogen (secondary N) is 1. The minimum absolute atomic E-state index is 0.440. The molecular formula is C15H21N3. The van der Waals surface area contributed by atoms with Gasteiger partial charge in [-0.1, -0.05) is 0 Å². The Labute approximate surface area is 109 Å². The summed E-state index contributed by atoms with van der Waals surface area (Å²) >= 11 is 0. The fourth-order valence-electron chi connectivity index (χ4n) is 2.56. The lowest BCUT2D eigenvalue weighted by atomic mass is 10.1. The molecule has 0 bridgehead atoms. The Morgan fingerprint density at radius 2 is 2.11 bits per heavy atom. The number of nitrogens with zero attached hydrogens (tertiary/aromatic N) is 2. The number of nitriles is 1. The first-order chi connectivity index (χ1) is 8.69. The third-order valence-electron chi connectivity index (χ3n) is 3.49. The number of hydrogen-bond donors (Lipinski definition) is 1. The first kappa shape index (κ1) is 12.9. The lowest BCUT2D eigenvalue weighted by molar-refractivity contribution is 0.328. The van der Waals surface area contributed by atoms with Crippen molar-refractivity contribution in [2.75, 3.05) is 25.0 Å².